The molecule has 3 nitrogen and oxygen atoms in total. The Bertz CT molecular complexity index is 575. The van der Waals surface area contributed by atoms with Crippen LogP contribution in [0.1, 0.15) is 53.4 Å². The van der Waals surface area contributed by atoms with Gasteiger partial charge in [-0.15, -0.1) is 11.3 Å². The summed E-state index contributed by atoms with van der Waals surface area (Å²) in [6.45, 7) is 4.19. The fraction of sp³-hybridized carbons (Fsp3) is 0.412. The molecule has 0 saturated heterocycles. The predicted octanol–water partition coefficient (Wildman–Crippen LogP) is 4.83. The molecule has 2 aromatic rings. The second-order valence-corrected chi connectivity index (χ2v) is 6.47. The molecule has 0 aliphatic carbocycles. The standard InChI is InChI=1S/C17H22N2OS/c1-3-4-5-6-7-14-8-10-15(11-9-14)16(20)19-17-18-12-13(2)21-17/h8-12H,3-7H2,1-2H3,(H,18,19,20). The molecule has 0 spiro atoms. The summed E-state index contributed by atoms with van der Waals surface area (Å²) in [4.78, 5) is 17.3. The zero-order chi connectivity index (χ0) is 15.1. The monoisotopic (exact) mass is 302 g/mol. The van der Waals surface area contributed by atoms with E-state index in [1.807, 2.05) is 31.2 Å². The number of nitrogens with one attached hydrogen (secondary N) is 1. The number of amides is 1. The second kappa shape index (κ2) is 7.93. The molecule has 1 heterocycles. The molecule has 0 atom stereocenters. The largest absolute Gasteiger partial charge is 0.298 e. The van der Waals surface area contributed by atoms with Crippen LogP contribution in [0.2, 0.25) is 0 Å². The lowest BCUT2D eigenvalue weighted by Crippen LogP contribution is -2.11. The lowest BCUT2D eigenvalue weighted by Gasteiger charge is -2.04. The van der Waals surface area contributed by atoms with Crippen molar-refractivity contribution in [3.05, 3.63) is 46.5 Å². The van der Waals surface area contributed by atoms with Crippen LogP contribution in [-0.2, 0) is 6.42 Å². The molecule has 0 bridgehead atoms. The topological polar surface area (TPSA) is 42.0 Å². The Kier molecular flexibility index (Phi) is 5.93. The number of anilines is 1. The minimum Gasteiger partial charge on any atom is -0.298 e. The van der Waals surface area contributed by atoms with Crippen LogP contribution < -0.4 is 5.32 Å². The molecule has 21 heavy (non-hydrogen) atoms. The average molecular weight is 302 g/mol. The van der Waals surface area contributed by atoms with E-state index in [-0.39, 0.29) is 5.91 Å². The van der Waals surface area contributed by atoms with Gasteiger partial charge in [0.15, 0.2) is 5.13 Å². The van der Waals surface area contributed by atoms with Gasteiger partial charge in [0.1, 0.15) is 0 Å². The summed E-state index contributed by atoms with van der Waals surface area (Å²) in [6.07, 6.45) is 7.91. The first-order chi connectivity index (χ1) is 10.2. The number of aromatic nitrogens is 1. The number of carbonyl (C=O) groups excluding carboxylic acids is 1. The SMILES string of the molecule is CCCCCCc1ccc(C(=O)Nc2ncc(C)s2)cc1. The molecule has 0 aliphatic heterocycles. The highest BCUT2D eigenvalue weighted by molar-refractivity contribution is 7.15. The van der Waals surface area contributed by atoms with Crippen LogP contribution >= 0.6 is 11.3 Å². The van der Waals surface area contributed by atoms with Gasteiger partial charge in [-0.05, 0) is 37.5 Å². The highest BCUT2D eigenvalue weighted by Gasteiger charge is 2.08. The second-order valence-electron chi connectivity index (χ2n) is 5.24. The van der Waals surface area contributed by atoms with Gasteiger partial charge >= 0.3 is 0 Å². The van der Waals surface area contributed by atoms with E-state index in [1.165, 1.54) is 42.6 Å². The Morgan fingerprint density at radius 3 is 2.57 bits per heavy atom. The summed E-state index contributed by atoms with van der Waals surface area (Å²) in [6, 6.07) is 7.89. The van der Waals surface area contributed by atoms with Crippen LogP contribution in [0, 0.1) is 6.92 Å². The molecule has 1 aromatic carbocycles. The Morgan fingerprint density at radius 1 is 1.19 bits per heavy atom. The van der Waals surface area contributed by atoms with Gasteiger partial charge in [-0.1, -0.05) is 38.3 Å². The lowest BCUT2D eigenvalue weighted by atomic mass is 10.0. The molecule has 1 aromatic heterocycles. The van der Waals surface area contributed by atoms with Gasteiger partial charge in [-0.3, -0.25) is 10.1 Å². The van der Waals surface area contributed by atoms with Crippen molar-refractivity contribution in [1.82, 2.24) is 4.98 Å². The van der Waals surface area contributed by atoms with Crippen molar-refractivity contribution in [3.63, 3.8) is 0 Å². The van der Waals surface area contributed by atoms with E-state index in [9.17, 15) is 4.79 Å². The maximum Gasteiger partial charge on any atom is 0.257 e. The molecule has 0 aliphatic rings. The number of hydrogen-bond donors (Lipinski definition) is 1. The Hall–Kier alpha value is -1.68. The van der Waals surface area contributed by atoms with Crippen LogP contribution in [0.5, 0.6) is 0 Å². The molecule has 1 amide bonds. The summed E-state index contributed by atoms with van der Waals surface area (Å²) >= 11 is 1.49. The summed E-state index contributed by atoms with van der Waals surface area (Å²) in [7, 11) is 0. The Labute approximate surface area is 130 Å². The van der Waals surface area contributed by atoms with Gasteiger partial charge < -0.3 is 0 Å². The fourth-order valence-electron chi connectivity index (χ4n) is 2.16. The molecule has 0 fully saturated rings. The van der Waals surface area contributed by atoms with E-state index < -0.39 is 0 Å². The third-order valence-electron chi connectivity index (χ3n) is 3.38. The summed E-state index contributed by atoms with van der Waals surface area (Å²) in [5, 5.41) is 3.48. The summed E-state index contributed by atoms with van der Waals surface area (Å²) < 4.78 is 0. The maximum absolute atomic E-state index is 12.1. The highest BCUT2D eigenvalue weighted by atomic mass is 32.1. The fourth-order valence-corrected chi connectivity index (χ4v) is 2.82. The zero-order valence-corrected chi connectivity index (χ0v) is 13.5. The highest BCUT2D eigenvalue weighted by Crippen LogP contribution is 2.18. The van der Waals surface area contributed by atoms with Crippen molar-refractivity contribution in [1.29, 1.82) is 0 Å². The van der Waals surface area contributed by atoms with Crippen molar-refractivity contribution < 1.29 is 4.79 Å². The normalized spacial score (nSPS) is 10.6. The minimum atomic E-state index is -0.0955. The van der Waals surface area contributed by atoms with Gasteiger partial charge in [-0.2, -0.15) is 0 Å². The maximum atomic E-state index is 12.1. The van der Waals surface area contributed by atoms with E-state index in [2.05, 4.69) is 17.2 Å². The average Bonchev–Trinajstić information content (AvgIpc) is 2.89. The van der Waals surface area contributed by atoms with Crippen molar-refractivity contribution in [2.45, 2.75) is 46.0 Å². The van der Waals surface area contributed by atoms with Crippen molar-refractivity contribution in [2.24, 2.45) is 0 Å². The van der Waals surface area contributed by atoms with E-state index in [1.54, 1.807) is 6.20 Å². The molecule has 2 rings (SSSR count). The van der Waals surface area contributed by atoms with Gasteiger partial charge in [0, 0.05) is 16.6 Å². The van der Waals surface area contributed by atoms with E-state index in [0.717, 1.165) is 11.3 Å². The smallest absolute Gasteiger partial charge is 0.257 e. The van der Waals surface area contributed by atoms with E-state index >= 15 is 0 Å². The summed E-state index contributed by atoms with van der Waals surface area (Å²) in [5.41, 5.74) is 1.98. The number of thiazole rings is 1. The van der Waals surface area contributed by atoms with Gasteiger partial charge in [0.2, 0.25) is 0 Å². The number of hydrogen-bond acceptors (Lipinski definition) is 3. The minimum absolute atomic E-state index is 0.0955. The number of nitrogens with zero attached hydrogens (tertiary/aromatic N) is 1. The molecule has 0 radical (unpaired) electrons. The van der Waals surface area contributed by atoms with Crippen LogP contribution in [-0.4, -0.2) is 10.9 Å². The van der Waals surface area contributed by atoms with Crippen LogP contribution in [0.25, 0.3) is 0 Å². The first-order valence-corrected chi connectivity index (χ1v) is 8.33. The molecule has 4 heteroatoms. The first-order valence-electron chi connectivity index (χ1n) is 7.51. The third kappa shape index (κ3) is 4.97. The third-order valence-corrected chi connectivity index (χ3v) is 4.21. The van der Waals surface area contributed by atoms with Crippen LogP contribution in [0.4, 0.5) is 5.13 Å². The molecular formula is C17H22N2OS. The molecular weight excluding hydrogens is 280 g/mol. The summed E-state index contributed by atoms with van der Waals surface area (Å²) in [5.74, 6) is -0.0955. The lowest BCUT2D eigenvalue weighted by molar-refractivity contribution is 0.102. The van der Waals surface area contributed by atoms with E-state index in [4.69, 9.17) is 0 Å². The van der Waals surface area contributed by atoms with Crippen molar-refractivity contribution in [3.8, 4) is 0 Å². The number of rotatable bonds is 7. The molecule has 0 saturated carbocycles. The molecule has 112 valence electrons. The Morgan fingerprint density at radius 2 is 1.95 bits per heavy atom. The van der Waals surface area contributed by atoms with E-state index in [0.29, 0.717) is 10.7 Å². The van der Waals surface area contributed by atoms with Crippen LogP contribution in [0.15, 0.2) is 30.5 Å². The first kappa shape index (κ1) is 15.7. The number of unbranched alkanes of at least 4 members (excludes halogenated alkanes) is 3. The molecule has 0 unspecified atom stereocenters. The van der Waals surface area contributed by atoms with Crippen LogP contribution in [0.3, 0.4) is 0 Å². The predicted molar refractivity (Wildman–Crippen MR) is 89.1 cm³/mol. The Balaban J connectivity index is 1.87. The van der Waals surface area contributed by atoms with Gasteiger partial charge in [0.05, 0.1) is 0 Å². The van der Waals surface area contributed by atoms with Gasteiger partial charge in [-0.25, -0.2) is 4.98 Å². The number of carbonyl (C=O) groups is 1. The van der Waals surface area contributed by atoms with Crippen molar-refractivity contribution >= 4 is 22.4 Å². The number of benzene rings is 1. The quantitative estimate of drug-likeness (QED) is 0.745. The van der Waals surface area contributed by atoms with Crippen molar-refractivity contribution in [2.75, 3.05) is 5.32 Å². The van der Waals surface area contributed by atoms with Gasteiger partial charge in [0.25, 0.3) is 5.91 Å². The molecule has 1 N–H and O–H groups in total. The zero-order valence-electron chi connectivity index (χ0n) is 12.7. The number of aryl methyl sites for hydroxylation is 2.